The molecule has 2 atom stereocenters. The third kappa shape index (κ3) is 4.23. The van der Waals surface area contributed by atoms with Gasteiger partial charge in [0.1, 0.15) is 0 Å². The molecule has 2 fully saturated rings. The number of piperidine rings is 1. The Bertz CT molecular complexity index is 605. The van der Waals surface area contributed by atoms with Gasteiger partial charge < -0.3 is 10.4 Å². The van der Waals surface area contributed by atoms with Crippen LogP contribution < -0.4 is 5.32 Å². The highest BCUT2D eigenvalue weighted by Crippen LogP contribution is 2.26. The Labute approximate surface area is 150 Å². The number of hydrogen-bond donors (Lipinski definition) is 2. The molecule has 0 bridgehead atoms. The van der Waals surface area contributed by atoms with Gasteiger partial charge in [-0.05, 0) is 39.5 Å². The summed E-state index contributed by atoms with van der Waals surface area (Å²) in [5.74, 6) is 0.0929. The van der Waals surface area contributed by atoms with Crippen LogP contribution in [0.5, 0.6) is 0 Å². The molecule has 140 valence electrons. The molecular formula is C19H32N4O2. The Morgan fingerprint density at radius 2 is 1.88 bits per heavy atom. The molecule has 1 amide bonds. The lowest BCUT2D eigenvalue weighted by Gasteiger charge is -2.41. The summed E-state index contributed by atoms with van der Waals surface area (Å²) in [6.45, 7) is 5.91. The lowest BCUT2D eigenvalue weighted by atomic mass is 9.89. The average molecular weight is 348 g/mol. The van der Waals surface area contributed by atoms with Gasteiger partial charge in [-0.15, -0.1) is 0 Å². The van der Waals surface area contributed by atoms with Crippen LogP contribution in [-0.4, -0.2) is 57.0 Å². The first-order valence-electron chi connectivity index (χ1n) is 9.66. The zero-order chi connectivity index (χ0) is 18.0. The molecule has 6 nitrogen and oxygen atoms in total. The van der Waals surface area contributed by atoms with Crippen LogP contribution in [0.15, 0.2) is 0 Å². The highest BCUT2D eigenvalue weighted by Gasteiger charge is 2.31. The van der Waals surface area contributed by atoms with E-state index >= 15 is 0 Å². The second kappa shape index (κ2) is 7.87. The summed E-state index contributed by atoms with van der Waals surface area (Å²) in [6.07, 6.45) is 6.60. The lowest BCUT2D eigenvalue weighted by Crippen LogP contribution is -2.52. The molecule has 0 spiro atoms. The molecule has 1 saturated heterocycles. The first-order chi connectivity index (χ1) is 12.0. The Kier molecular flexibility index (Phi) is 5.79. The van der Waals surface area contributed by atoms with E-state index in [0.717, 1.165) is 62.1 Å². The Morgan fingerprint density at radius 1 is 1.20 bits per heavy atom. The molecule has 2 aliphatic rings. The van der Waals surface area contributed by atoms with Crippen molar-refractivity contribution in [2.24, 2.45) is 7.05 Å². The number of hydrogen-bond acceptors (Lipinski definition) is 4. The first-order valence-corrected chi connectivity index (χ1v) is 9.66. The number of aromatic nitrogens is 2. The van der Waals surface area contributed by atoms with E-state index in [1.54, 1.807) is 0 Å². The Hall–Kier alpha value is -1.40. The summed E-state index contributed by atoms with van der Waals surface area (Å²) >= 11 is 0. The topological polar surface area (TPSA) is 70.4 Å². The molecular weight excluding hydrogens is 316 g/mol. The van der Waals surface area contributed by atoms with E-state index in [9.17, 15) is 9.90 Å². The molecule has 0 aromatic carbocycles. The normalized spacial score (nSPS) is 25.9. The fourth-order valence-electron chi connectivity index (χ4n) is 4.41. The molecule has 2 heterocycles. The summed E-state index contributed by atoms with van der Waals surface area (Å²) in [4.78, 5) is 14.9. The third-order valence-corrected chi connectivity index (χ3v) is 6.05. The maximum atomic E-state index is 12.4. The summed E-state index contributed by atoms with van der Waals surface area (Å²) in [6, 6.07) is 0.577. The highest BCUT2D eigenvalue weighted by atomic mass is 16.3. The van der Waals surface area contributed by atoms with Gasteiger partial charge in [-0.2, -0.15) is 5.10 Å². The molecule has 25 heavy (non-hydrogen) atoms. The highest BCUT2D eigenvalue weighted by molar-refractivity contribution is 5.79. The Balaban J connectivity index is 1.48. The molecule has 1 aromatic rings. The van der Waals surface area contributed by atoms with Crippen LogP contribution in [-0.2, 0) is 18.3 Å². The fourth-order valence-corrected chi connectivity index (χ4v) is 4.41. The predicted molar refractivity (Wildman–Crippen MR) is 97.4 cm³/mol. The summed E-state index contributed by atoms with van der Waals surface area (Å²) in [5, 5.41) is 17.8. The largest absolute Gasteiger partial charge is 0.391 e. The van der Waals surface area contributed by atoms with Crippen molar-refractivity contribution in [2.45, 2.75) is 77.0 Å². The van der Waals surface area contributed by atoms with Gasteiger partial charge in [-0.1, -0.05) is 12.8 Å². The Morgan fingerprint density at radius 3 is 2.48 bits per heavy atom. The maximum Gasteiger partial charge on any atom is 0.224 e. The van der Waals surface area contributed by atoms with Crippen LogP contribution in [0.4, 0.5) is 0 Å². The van der Waals surface area contributed by atoms with Gasteiger partial charge >= 0.3 is 0 Å². The van der Waals surface area contributed by atoms with Crippen molar-refractivity contribution < 1.29 is 9.90 Å². The van der Waals surface area contributed by atoms with Crippen molar-refractivity contribution in [1.29, 1.82) is 0 Å². The van der Waals surface area contributed by atoms with Crippen molar-refractivity contribution in [2.75, 3.05) is 13.1 Å². The lowest BCUT2D eigenvalue weighted by molar-refractivity contribution is -0.121. The van der Waals surface area contributed by atoms with E-state index in [2.05, 4.69) is 15.3 Å². The van der Waals surface area contributed by atoms with Crippen molar-refractivity contribution in [3.63, 3.8) is 0 Å². The minimum Gasteiger partial charge on any atom is -0.391 e. The van der Waals surface area contributed by atoms with E-state index in [4.69, 9.17) is 0 Å². The van der Waals surface area contributed by atoms with Crippen LogP contribution >= 0.6 is 0 Å². The number of aliphatic hydroxyl groups excluding tert-OH is 1. The zero-order valence-corrected chi connectivity index (χ0v) is 15.8. The molecule has 2 unspecified atom stereocenters. The molecule has 1 saturated carbocycles. The van der Waals surface area contributed by atoms with Crippen LogP contribution in [0.2, 0.25) is 0 Å². The van der Waals surface area contributed by atoms with Gasteiger partial charge in [0.05, 0.1) is 18.2 Å². The number of aryl methyl sites for hydroxylation is 2. The molecule has 1 aliphatic carbocycles. The number of likely N-dealkylation sites (tertiary alicyclic amines) is 1. The molecule has 2 N–H and O–H groups in total. The fraction of sp³-hybridized carbons (Fsp3) is 0.789. The average Bonchev–Trinajstić information content (AvgIpc) is 2.82. The second-order valence-corrected chi connectivity index (χ2v) is 7.75. The van der Waals surface area contributed by atoms with Gasteiger partial charge in [-0.3, -0.25) is 14.4 Å². The number of aliphatic hydroxyl groups is 1. The molecule has 1 aliphatic heterocycles. The van der Waals surface area contributed by atoms with Crippen LogP contribution in [0, 0.1) is 13.8 Å². The zero-order valence-electron chi connectivity index (χ0n) is 15.8. The van der Waals surface area contributed by atoms with Crippen molar-refractivity contribution >= 4 is 5.91 Å². The van der Waals surface area contributed by atoms with E-state index in [0.29, 0.717) is 12.5 Å². The number of amides is 1. The molecule has 6 heteroatoms. The number of nitrogens with zero attached hydrogens (tertiary/aromatic N) is 3. The number of rotatable bonds is 4. The van der Waals surface area contributed by atoms with E-state index in [-0.39, 0.29) is 18.1 Å². The van der Waals surface area contributed by atoms with Gasteiger partial charge in [0.25, 0.3) is 0 Å². The number of carbonyl (C=O) groups is 1. The summed E-state index contributed by atoms with van der Waals surface area (Å²) in [7, 11) is 1.92. The monoisotopic (exact) mass is 348 g/mol. The summed E-state index contributed by atoms with van der Waals surface area (Å²) in [5.41, 5.74) is 3.05. The van der Waals surface area contributed by atoms with E-state index in [1.165, 1.54) is 6.42 Å². The smallest absolute Gasteiger partial charge is 0.224 e. The minimum absolute atomic E-state index is 0.0929. The van der Waals surface area contributed by atoms with Crippen LogP contribution in [0.1, 0.15) is 55.5 Å². The van der Waals surface area contributed by atoms with Gasteiger partial charge in [0.2, 0.25) is 5.91 Å². The van der Waals surface area contributed by atoms with Gasteiger partial charge in [0.15, 0.2) is 0 Å². The number of nitrogens with one attached hydrogen (secondary N) is 1. The van der Waals surface area contributed by atoms with E-state index < -0.39 is 0 Å². The van der Waals surface area contributed by atoms with Gasteiger partial charge in [-0.25, -0.2) is 0 Å². The van der Waals surface area contributed by atoms with Crippen molar-refractivity contribution in [3.05, 3.63) is 17.0 Å². The first kappa shape index (κ1) is 18.4. The molecule has 0 radical (unpaired) electrons. The SMILES string of the molecule is Cc1nn(C)c(C)c1CC(=O)NC1CCN(C2CCCCC2O)CC1. The maximum absolute atomic E-state index is 12.4. The third-order valence-electron chi connectivity index (χ3n) is 6.05. The van der Waals surface area contributed by atoms with Crippen molar-refractivity contribution in [1.82, 2.24) is 20.0 Å². The van der Waals surface area contributed by atoms with Gasteiger partial charge in [0, 0.05) is 43.5 Å². The van der Waals surface area contributed by atoms with Crippen LogP contribution in [0.3, 0.4) is 0 Å². The van der Waals surface area contributed by atoms with Crippen molar-refractivity contribution in [3.8, 4) is 0 Å². The van der Waals surface area contributed by atoms with E-state index in [1.807, 2.05) is 25.6 Å². The molecule has 3 rings (SSSR count). The molecule has 1 aromatic heterocycles. The second-order valence-electron chi connectivity index (χ2n) is 7.75. The number of carbonyl (C=O) groups excluding carboxylic acids is 1. The minimum atomic E-state index is -0.170. The quantitative estimate of drug-likeness (QED) is 0.864. The predicted octanol–water partition coefficient (Wildman–Crippen LogP) is 1.46. The summed E-state index contributed by atoms with van der Waals surface area (Å²) < 4.78 is 1.84. The van der Waals surface area contributed by atoms with Crippen LogP contribution in [0.25, 0.3) is 0 Å². The standard InChI is InChI=1S/C19H32N4O2/c1-13-16(14(2)22(3)21-13)12-19(25)20-15-8-10-23(11-9-15)17-6-4-5-7-18(17)24/h15,17-18,24H,4-12H2,1-3H3,(H,20,25).